The average molecular weight is 391 g/mol. The standard InChI is InChI=1S/C20H20Cl2N2O2/c1-23(13-16-7-8-17(21)11-18(16)22)20(26)15-5-2-4-14(10-15)12-24-9-3-6-19(24)25/h2,4-5,7-8,10-11H,3,6,9,12-13H2,1H3. The van der Waals surface area contributed by atoms with Gasteiger partial charge in [-0.15, -0.1) is 0 Å². The maximum atomic E-state index is 12.8. The number of carbonyl (C=O) groups excluding carboxylic acids is 2. The van der Waals surface area contributed by atoms with E-state index in [1.54, 1.807) is 30.1 Å². The van der Waals surface area contributed by atoms with E-state index in [0.29, 0.717) is 35.1 Å². The first-order chi connectivity index (χ1) is 12.4. The van der Waals surface area contributed by atoms with Crippen LogP contribution in [0.2, 0.25) is 10.0 Å². The molecule has 0 unspecified atom stereocenters. The minimum absolute atomic E-state index is 0.0920. The molecule has 2 aromatic rings. The van der Waals surface area contributed by atoms with Crippen molar-refractivity contribution in [2.75, 3.05) is 13.6 Å². The minimum Gasteiger partial charge on any atom is -0.338 e. The zero-order valence-electron chi connectivity index (χ0n) is 14.5. The molecule has 1 fully saturated rings. The number of hydrogen-bond donors (Lipinski definition) is 0. The topological polar surface area (TPSA) is 40.6 Å². The second-order valence-electron chi connectivity index (χ2n) is 6.52. The smallest absolute Gasteiger partial charge is 0.253 e. The summed E-state index contributed by atoms with van der Waals surface area (Å²) >= 11 is 12.1. The van der Waals surface area contributed by atoms with E-state index in [1.807, 2.05) is 29.2 Å². The highest BCUT2D eigenvalue weighted by Crippen LogP contribution is 2.23. The van der Waals surface area contributed by atoms with Crippen LogP contribution in [0.5, 0.6) is 0 Å². The Bertz CT molecular complexity index is 838. The minimum atomic E-state index is -0.0920. The van der Waals surface area contributed by atoms with E-state index in [4.69, 9.17) is 23.2 Å². The molecule has 1 aliphatic heterocycles. The van der Waals surface area contributed by atoms with Crippen LogP contribution in [0.1, 0.15) is 34.3 Å². The Hall–Kier alpha value is -2.04. The first kappa shape index (κ1) is 18.7. The molecule has 0 radical (unpaired) electrons. The van der Waals surface area contributed by atoms with Gasteiger partial charge in [-0.05, 0) is 41.8 Å². The predicted molar refractivity (Wildman–Crippen MR) is 103 cm³/mol. The van der Waals surface area contributed by atoms with Gasteiger partial charge in [0, 0.05) is 48.7 Å². The summed E-state index contributed by atoms with van der Waals surface area (Å²) in [5.74, 6) is 0.0850. The van der Waals surface area contributed by atoms with Crippen LogP contribution in [-0.4, -0.2) is 35.2 Å². The maximum Gasteiger partial charge on any atom is 0.253 e. The van der Waals surface area contributed by atoms with Gasteiger partial charge in [-0.3, -0.25) is 9.59 Å². The highest BCUT2D eigenvalue weighted by atomic mass is 35.5. The molecule has 3 rings (SSSR count). The first-order valence-electron chi connectivity index (χ1n) is 8.50. The number of nitrogens with zero attached hydrogens (tertiary/aromatic N) is 2. The lowest BCUT2D eigenvalue weighted by Gasteiger charge is -2.19. The average Bonchev–Trinajstić information content (AvgIpc) is 3.01. The Labute approximate surface area is 163 Å². The summed E-state index contributed by atoms with van der Waals surface area (Å²) in [5, 5.41) is 1.11. The summed E-state index contributed by atoms with van der Waals surface area (Å²) in [4.78, 5) is 28.0. The van der Waals surface area contributed by atoms with Gasteiger partial charge in [-0.1, -0.05) is 41.4 Å². The lowest BCUT2D eigenvalue weighted by molar-refractivity contribution is -0.128. The second kappa shape index (κ2) is 8.11. The Balaban J connectivity index is 1.70. The van der Waals surface area contributed by atoms with Crippen molar-refractivity contribution in [2.45, 2.75) is 25.9 Å². The van der Waals surface area contributed by atoms with Crippen LogP contribution in [0.15, 0.2) is 42.5 Å². The molecule has 0 bridgehead atoms. The van der Waals surface area contributed by atoms with E-state index in [-0.39, 0.29) is 11.8 Å². The molecular formula is C20H20Cl2N2O2. The third-order valence-electron chi connectivity index (χ3n) is 4.49. The van der Waals surface area contributed by atoms with Crippen molar-refractivity contribution in [3.05, 3.63) is 69.2 Å². The van der Waals surface area contributed by atoms with Gasteiger partial charge in [-0.2, -0.15) is 0 Å². The van der Waals surface area contributed by atoms with Crippen molar-refractivity contribution >= 4 is 35.0 Å². The molecule has 1 saturated heterocycles. The van der Waals surface area contributed by atoms with Crippen LogP contribution in [-0.2, 0) is 17.9 Å². The fraction of sp³-hybridized carbons (Fsp3) is 0.300. The number of amides is 2. The Morgan fingerprint density at radius 2 is 2.00 bits per heavy atom. The van der Waals surface area contributed by atoms with Crippen molar-refractivity contribution in [1.29, 1.82) is 0 Å². The Morgan fingerprint density at radius 3 is 2.69 bits per heavy atom. The van der Waals surface area contributed by atoms with Crippen molar-refractivity contribution in [2.24, 2.45) is 0 Å². The van der Waals surface area contributed by atoms with Crippen molar-refractivity contribution in [1.82, 2.24) is 9.80 Å². The van der Waals surface area contributed by atoms with E-state index in [9.17, 15) is 9.59 Å². The fourth-order valence-corrected chi connectivity index (χ4v) is 3.56. The monoisotopic (exact) mass is 390 g/mol. The Kier molecular flexibility index (Phi) is 5.84. The van der Waals surface area contributed by atoms with Crippen LogP contribution in [0.3, 0.4) is 0 Å². The summed E-state index contributed by atoms with van der Waals surface area (Å²) in [6.45, 7) is 1.72. The van der Waals surface area contributed by atoms with Gasteiger partial charge < -0.3 is 9.80 Å². The zero-order valence-corrected chi connectivity index (χ0v) is 16.1. The molecule has 4 nitrogen and oxygen atoms in total. The summed E-state index contributed by atoms with van der Waals surface area (Å²) < 4.78 is 0. The summed E-state index contributed by atoms with van der Waals surface area (Å²) in [6.07, 6.45) is 1.52. The first-order valence-corrected chi connectivity index (χ1v) is 9.26. The molecule has 0 saturated carbocycles. The third kappa shape index (κ3) is 4.37. The van der Waals surface area contributed by atoms with E-state index in [1.165, 1.54) is 0 Å². The van der Waals surface area contributed by atoms with E-state index in [2.05, 4.69) is 0 Å². The normalized spacial score (nSPS) is 14.0. The molecule has 26 heavy (non-hydrogen) atoms. The van der Waals surface area contributed by atoms with Crippen LogP contribution in [0, 0.1) is 0 Å². The number of hydrogen-bond acceptors (Lipinski definition) is 2. The van der Waals surface area contributed by atoms with Crippen LogP contribution >= 0.6 is 23.2 Å². The lowest BCUT2D eigenvalue weighted by Crippen LogP contribution is -2.27. The highest BCUT2D eigenvalue weighted by Gasteiger charge is 2.20. The molecule has 136 valence electrons. The number of carbonyl (C=O) groups is 2. The second-order valence-corrected chi connectivity index (χ2v) is 7.36. The highest BCUT2D eigenvalue weighted by molar-refractivity contribution is 6.35. The third-order valence-corrected chi connectivity index (χ3v) is 5.08. The largest absolute Gasteiger partial charge is 0.338 e. The molecule has 6 heteroatoms. The molecular weight excluding hydrogens is 371 g/mol. The molecule has 0 spiro atoms. The summed E-state index contributed by atoms with van der Waals surface area (Å²) in [7, 11) is 1.74. The molecule has 2 amide bonds. The van der Waals surface area contributed by atoms with Gasteiger partial charge in [0.15, 0.2) is 0 Å². The van der Waals surface area contributed by atoms with E-state index in [0.717, 1.165) is 24.1 Å². The van der Waals surface area contributed by atoms with Crippen molar-refractivity contribution in [3.8, 4) is 0 Å². The summed E-state index contributed by atoms with van der Waals surface area (Å²) in [6, 6.07) is 12.7. The maximum absolute atomic E-state index is 12.8. The molecule has 0 N–H and O–H groups in total. The number of benzene rings is 2. The number of likely N-dealkylation sites (tertiary alicyclic amines) is 1. The SMILES string of the molecule is CN(Cc1ccc(Cl)cc1Cl)C(=O)c1cccc(CN2CCCC2=O)c1. The zero-order chi connectivity index (χ0) is 18.7. The quantitative estimate of drug-likeness (QED) is 0.759. The van der Waals surface area contributed by atoms with Gasteiger partial charge in [0.05, 0.1) is 0 Å². The van der Waals surface area contributed by atoms with Crippen LogP contribution in [0.4, 0.5) is 0 Å². The van der Waals surface area contributed by atoms with E-state index < -0.39 is 0 Å². The van der Waals surface area contributed by atoms with Gasteiger partial charge in [-0.25, -0.2) is 0 Å². The van der Waals surface area contributed by atoms with Gasteiger partial charge >= 0.3 is 0 Å². The molecule has 0 aromatic heterocycles. The fourth-order valence-electron chi connectivity index (χ4n) is 3.09. The van der Waals surface area contributed by atoms with Crippen LogP contribution < -0.4 is 0 Å². The van der Waals surface area contributed by atoms with Gasteiger partial charge in [0.2, 0.25) is 5.91 Å². The van der Waals surface area contributed by atoms with Gasteiger partial charge in [0.1, 0.15) is 0 Å². The van der Waals surface area contributed by atoms with Crippen LogP contribution in [0.25, 0.3) is 0 Å². The molecule has 0 atom stereocenters. The predicted octanol–water partition coefficient (Wildman–Crippen LogP) is 4.39. The Morgan fingerprint density at radius 1 is 1.19 bits per heavy atom. The lowest BCUT2D eigenvalue weighted by atomic mass is 10.1. The van der Waals surface area contributed by atoms with Gasteiger partial charge in [0.25, 0.3) is 5.91 Å². The molecule has 1 aliphatic rings. The van der Waals surface area contributed by atoms with E-state index >= 15 is 0 Å². The number of rotatable bonds is 5. The molecule has 2 aromatic carbocycles. The number of halogens is 2. The molecule has 0 aliphatic carbocycles. The molecule has 1 heterocycles. The van der Waals surface area contributed by atoms with Crippen molar-refractivity contribution in [3.63, 3.8) is 0 Å². The summed E-state index contributed by atoms with van der Waals surface area (Å²) in [5.41, 5.74) is 2.40. The van der Waals surface area contributed by atoms with Crippen molar-refractivity contribution < 1.29 is 9.59 Å².